The van der Waals surface area contributed by atoms with Gasteiger partial charge in [-0.2, -0.15) is 0 Å². The number of hydrogen-bond acceptors (Lipinski definition) is 2. The van der Waals surface area contributed by atoms with Crippen molar-refractivity contribution >= 4 is 28.4 Å². The van der Waals surface area contributed by atoms with E-state index in [1.54, 1.807) is 18.0 Å². The molecule has 3 nitrogen and oxygen atoms in total. The lowest BCUT2D eigenvalue weighted by Gasteiger charge is -2.33. The fourth-order valence-corrected chi connectivity index (χ4v) is 1.90. The Kier molecular flexibility index (Phi) is 3.76. The van der Waals surface area contributed by atoms with Gasteiger partial charge in [-0.15, -0.1) is 11.6 Å². The van der Waals surface area contributed by atoms with Gasteiger partial charge in [-0.25, -0.2) is 4.98 Å². The Hall–Kier alpha value is -1.61. The first kappa shape index (κ1) is 13.8. The standard InChI is InChI=1S/C15H17ClN2O/c1-15(2,10-16)18(3)14(19)13-9-8-11-6-4-5-7-12(11)17-13/h4-9H,10H2,1-3H3. The molecule has 0 bridgehead atoms. The maximum Gasteiger partial charge on any atom is 0.272 e. The molecule has 1 heterocycles. The third kappa shape index (κ3) is 2.71. The molecule has 0 spiro atoms. The second-order valence-electron chi connectivity index (χ2n) is 5.20. The zero-order valence-corrected chi connectivity index (χ0v) is 12.1. The van der Waals surface area contributed by atoms with Gasteiger partial charge in [0.05, 0.1) is 11.1 Å². The number of aromatic nitrogens is 1. The smallest absolute Gasteiger partial charge is 0.272 e. The summed E-state index contributed by atoms with van der Waals surface area (Å²) < 4.78 is 0. The van der Waals surface area contributed by atoms with Crippen molar-refractivity contribution in [1.82, 2.24) is 9.88 Å². The maximum atomic E-state index is 12.4. The van der Waals surface area contributed by atoms with E-state index < -0.39 is 5.54 Å². The van der Waals surface area contributed by atoms with Gasteiger partial charge < -0.3 is 4.90 Å². The summed E-state index contributed by atoms with van der Waals surface area (Å²) in [6.45, 7) is 3.86. The molecule has 100 valence electrons. The van der Waals surface area contributed by atoms with Crippen LogP contribution in [0.25, 0.3) is 10.9 Å². The normalized spacial score (nSPS) is 11.6. The number of carbonyl (C=O) groups excluding carboxylic acids is 1. The molecule has 0 fully saturated rings. The summed E-state index contributed by atoms with van der Waals surface area (Å²) in [5.41, 5.74) is 0.871. The maximum absolute atomic E-state index is 12.4. The van der Waals surface area contributed by atoms with Gasteiger partial charge >= 0.3 is 0 Å². The molecule has 0 radical (unpaired) electrons. The topological polar surface area (TPSA) is 33.2 Å². The van der Waals surface area contributed by atoms with E-state index in [4.69, 9.17) is 11.6 Å². The molecule has 1 amide bonds. The highest BCUT2D eigenvalue weighted by Gasteiger charge is 2.28. The van der Waals surface area contributed by atoms with E-state index >= 15 is 0 Å². The number of alkyl halides is 1. The summed E-state index contributed by atoms with van der Waals surface area (Å²) in [6.07, 6.45) is 0. The van der Waals surface area contributed by atoms with Crippen LogP contribution < -0.4 is 0 Å². The minimum Gasteiger partial charge on any atom is -0.334 e. The van der Waals surface area contributed by atoms with Crippen molar-refractivity contribution in [3.63, 3.8) is 0 Å². The SMILES string of the molecule is CN(C(=O)c1ccc2ccccc2n1)C(C)(C)CCl. The van der Waals surface area contributed by atoms with Crippen LogP contribution in [-0.4, -0.2) is 34.3 Å². The van der Waals surface area contributed by atoms with Crippen molar-refractivity contribution in [1.29, 1.82) is 0 Å². The highest BCUT2D eigenvalue weighted by molar-refractivity contribution is 6.18. The molecule has 0 atom stereocenters. The molecule has 0 unspecified atom stereocenters. The number of rotatable bonds is 3. The van der Waals surface area contributed by atoms with Gasteiger partial charge in [0.2, 0.25) is 0 Å². The molecule has 19 heavy (non-hydrogen) atoms. The minimum absolute atomic E-state index is 0.114. The first-order chi connectivity index (χ1) is 8.95. The van der Waals surface area contributed by atoms with Crippen molar-refractivity contribution in [3.8, 4) is 0 Å². The first-order valence-electron chi connectivity index (χ1n) is 6.15. The van der Waals surface area contributed by atoms with Crippen LogP contribution in [0.15, 0.2) is 36.4 Å². The molecule has 2 aromatic rings. The largest absolute Gasteiger partial charge is 0.334 e. The van der Waals surface area contributed by atoms with Crippen LogP contribution in [-0.2, 0) is 0 Å². The zero-order chi connectivity index (χ0) is 14.0. The Labute approximate surface area is 118 Å². The molecule has 2 rings (SSSR count). The number of pyridine rings is 1. The number of halogens is 1. The molecule has 0 aliphatic heterocycles. The van der Waals surface area contributed by atoms with E-state index in [0.717, 1.165) is 10.9 Å². The fraction of sp³-hybridized carbons (Fsp3) is 0.333. The summed E-state index contributed by atoms with van der Waals surface area (Å²) in [5.74, 6) is 0.263. The summed E-state index contributed by atoms with van der Waals surface area (Å²) in [5, 5.41) is 1.03. The van der Waals surface area contributed by atoms with E-state index in [0.29, 0.717) is 11.6 Å². The lowest BCUT2D eigenvalue weighted by atomic mass is 10.1. The number of carbonyl (C=O) groups is 1. The number of amides is 1. The number of para-hydroxylation sites is 1. The quantitative estimate of drug-likeness (QED) is 0.806. The van der Waals surface area contributed by atoms with Crippen LogP contribution >= 0.6 is 11.6 Å². The summed E-state index contributed by atoms with van der Waals surface area (Å²) >= 11 is 5.90. The number of benzene rings is 1. The Morgan fingerprint density at radius 2 is 1.95 bits per heavy atom. The van der Waals surface area contributed by atoms with Gasteiger partial charge in [0.15, 0.2) is 0 Å². The third-order valence-electron chi connectivity index (χ3n) is 3.36. The van der Waals surface area contributed by atoms with E-state index in [2.05, 4.69) is 4.98 Å². The predicted octanol–water partition coefficient (Wildman–Crippen LogP) is 3.32. The molecule has 1 aromatic carbocycles. The molecule has 4 heteroatoms. The molecular formula is C15H17ClN2O. The van der Waals surface area contributed by atoms with Crippen molar-refractivity contribution in [3.05, 3.63) is 42.1 Å². The van der Waals surface area contributed by atoms with E-state index in [1.165, 1.54) is 0 Å². The Balaban J connectivity index is 2.36. The molecule has 1 aromatic heterocycles. The molecular weight excluding hydrogens is 260 g/mol. The van der Waals surface area contributed by atoms with Gasteiger partial charge in [0, 0.05) is 18.3 Å². The first-order valence-corrected chi connectivity index (χ1v) is 6.69. The van der Waals surface area contributed by atoms with Crippen LogP contribution in [0.2, 0.25) is 0 Å². The van der Waals surface area contributed by atoms with Crippen molar-refractivity contribution in [2.45, 2.75) is 19.4 Å². The number of fused-ring (bicyclic) bond motifs is 1. The van der Waals surface area contributed by atoms with Crippen molar-refractivity contribution < 1.29 is 4.79 Å². The minimum atomic E-state index is -0.397. The average molecular weight is 277 g/mol. The highest BCUT2D eigenvalue weighted by atomic mass is 35.5. The van der Waals surface area contributed by atoms with Crippen molar-refractivity contribution in [2.24, 2.45) is 0 Å². The third-order valence-corrected chi connectivity index (χ3v) is 4.01. The second kappa shape index (κ2) is 5.17. The molecule has 0 aliphatic rings. The van der Waals surface area contributed by atoms with Gasteiger partial charge in [-0.05, 0) is 26.0 Å². The Morgan fingerprint density at radius 1 is 1.26 bits per heavy atom. The lowest BCUT2D eigenvalue weighted by Crippen LogP contribution is -2.46. The summed E-state index contributed by atoms with van der Waals surface area (Å²) in [6, 6.07) is 11.4. The van der Waals surface area contributed by atoms with Gasteiger partial charge in [-0.1, -0.05) is 24.3 Å². The van der Waals surface area contributed by atoms with Crippen LogP contribution in [0, 0.1) is 0 Å². The predicted molar refractivity (Wildman–Crippen MR) is 78.6 cm³/mol. The summed E-state index contributed by atoms with van der Waals surface area (Å²) in [4.78, 5) is 18.4. The Morgan fingerprint density at radius 3 is 2.63 bits per heavy atom. The second-order valence-corrected chi connectivity index (χ2v) is 5.47. The fourth-order valence-electron chi connectivity index (χ4n) is 1.72. The molecule has 0 saturated heterocycles. The zero-order valence-electron chi connectivity index (χ0n) is 11.4. The van der Waals surface area contributed by atoms with E-state index in [9.17, 15) is 4.79 Å². The van der Waals surface area contributed by atoms with Crippen LogP contribution in [0.3, 0.4) is 0 Å². The Bertz CT molecular complexity index is 610. The van der Waals surface area contributed by atoms with Crippen molar-refractivity contribution in [2.75, 3.05) is 12.9 Å². The molecule has 0 saturated carbocycles. The monoisotopic (exact) mass is 276 g/mol. The molecule has 0 aliphatic carbocycles. The van der Waals surface area contributed by atoms with Gasteiger partial charge in [-0.3, -0.25) is 4.79 Å². The summed E-state index contributed by atoms with van der Waals surface area (Å²) in [7, 11) is 1.75. The number of nitrogens with zero attached hydrogens (tertiary/aromatic N) is 2. The van der Waals surface area contributed by atoms with Crippen LogP contribution in [0.1, 0.15) is 24.3 Å². The van der Waals surface area contributed by atoms with Crippen LogP contribution in [0.4, 0.5) is 0 Å². The lowest BCUT2D eigenvalue weighted by molar-refractivity contribution is 0.0654. The molecule has 0 N–H and O–H groups in total. The van der Waals surface area contributed by atoms with Gasteiger partial charge in [0.25, 0.3) is 5.91 Å². The van der Waals surface area contributed by atoms with E-state index in [-0.39, 0.29) is 5.91 Å². The average Bonchev–Trinajstić information content (AvgIpc) is 2.45. The van der Waals surface area contributed by atoms with E-state index in [1.807, 2.05) is 44.2 Å². The number of hydrogen-bond donors (Lipinski definition) is 0. The highest BCUT2D eigenvalue weighted by Crippen LogP contribution is 2.18. The van der Waals surface area contributed by atoms with Gasteiger partial charge in [0.1, 0.15) is 5.69 Å². The van der Waals surface area contributed by atoms with Crippen LogP contribution in [0.5, 0.6) is 0 Å².